The van der Waals surface area contributed by atoms with Gasteiger partial charge < -0.3 is 10.3 Å². The predicted molar refractivity (Wildman–Crippen MR) is 102 cm³/mol. The number of aryl methyl sites for hydroxylation is 1. The molecule has 136 valence electrons. The van der Waals surface area contributed by atoms with E-state index in [0.717, 1.165) is 42.5 Å². The Balaban J connectivity index is 1.63. The van der Waals surface area contributed by atoms with Crippen LogP contribution in [0.5, 0.6) is 0 Å². The van der Waals surface area contributed by atoms with Crippen LogP contribution in [0.25, 0.3) is 0 Å². The summed E-state index contributed by atoms with van der Waals surface area (Å²) in [6.07, 6.45) is 4.24. The molecule has 0 spiro atoms. The molecule has 4 rings (SSSR count). The summed E-state index contributed by atoms with van der Waals surface area (Å²) < 4.78 is 0. The molecule has 1 atom stereocenters. The topological polar surface area (TPSA) is 62.0 Å². The van der Waals surface area contributed by atoms with Crippen molar-refractivity contribution < 1.29 is 9.59 Å². The maximum Gasteiger partial charge on any atom is 0.268 e. The van der Waals surface area contributed by atoms with Gasteiger partial charge in [0, 0.05) is 17.7 Å². The van der Waals surface area contributed by atoms with Gasteiger partial charge in [-0.05, 0) is 54.7 Å². The van der Waals surface area contributed by atoms with Crippen molar-refractivity contribution >= 4 is 11.7 Å². The molecule has 4 heteroatoms. The van der Waals surface area contributed by atoms with E-state index in [1.807, 2.05) is 13.0 Å². The number of amides is 1. The van der Waals surface area contributed by atoms with Gasteiger partial charge in [0.2, 0.25) is 0 Å². The Morgan fingerprint density at radius 1 is 1.23 bits per heavy atom. The van der Waals surface area contributed by atoms with Crippen LogP contribution in [0, 0.1) is 6.92 Å². The lowest BCUT2D eigenvalue weighted by Gasteiger charge is -2.37. The number of carbonyl (C=O) groups excluding carboxylic acids is 2. The van der Waals surface area contributed by atoms with Crippen LogP contribution >= 0.6 is 0 Å². The summed E-state index contributed by atoms with van der Waals surface area (Å²) >= 11 is 0. The third kappa shape index (κ3) is 2.68. The van der Waals surface area contributed by atoms with E-state index in [0.29, 0.717) is 12.1 Å². The summed E-state index contributed by atoms with van der Waals surface area (Å²) in [6, 6.07) is 8.42. The van der Waals surface area contributed by atoms with Crippen molar-refractivity contribution in [2.24, 2.45) is 0 Å². The van der Waals surface area contributed by atoms with Gasteiger partial charge in [-0.1, -0.05) is 38.1 Å². The highest BCUT2D eigenvalue weighted by molar-refractivity contribution is 6.04. The van der Waals surface area contributed by atoms with Crippen molar-refractivity contribution in [1.82, 2.24) is 10.3 Å². The first-order chi connectivity index (χ1) is 12.4. The quantitative estimate of drug-likeness (QED) is 0.844. The minimum absolute atomic E-state index is 0.0159. The van der Waals surface area contributed by atoms with Crippen LogP contribution in [0.15, 0.2) is 24.3 Å². The Bertz CT molecular complexity index is 892. The van der Waals surface area contributed by atoms with Crippen LogP contribution in [0.2, 0.25) is 0 Å². The third-order valence-corrected chi connectivity index (χ3v) is 6.09. The number of aromatic nitrogens is 1. The van der Waals surface area contributed by atoms with Gasteiger partial charge in [0.15, 0.2) is 5.78 Å². The standard InChI is InChI=1S/C22H26N2O2/c1-13-19-17(9-6-10-18(19)25)23-20(13)21(26)24-16-11-12-22(2,3)15-8-5-4-7-14(15)16/h4-5,7-8,16,23H,6,9-12H2,1-3H3,(H,24,26). The second-order valence-electron chi connectivity index (χ2n) is 8.29. The minimum atomic E-state index is -0.107. The molecule has 1 unspecified atom stereocenters. The van der Waals surface area contributed by atoms with Gasteiger partial charge in [0.05, 0.1) is 6.04 Å². The number of Topliss-reactive ketones (excluding diaryl/α,β-unsaturated/α-hetero) is 1. The van der Waals surface area contributed by atoms with Gasteiger partial charge >= 0.3 is 0 Å². The van der Waals surface area contributed by atoms with Crippen LogP contribution in [0.1, 0.15) is 88.8 Å². The lowest BCUT2D eigenvalue weighted by Crippen LogP contribution is -2.36. The zero-order chi connectivity index (χ0) is 18.5. The molecule has 2 N–H and O–H groups in total. The molecular weight excluding hydrogens is 324 g/mol. The Morgan fingerprint density at radius 2 is 2.00 bits per heavy atom. The van der Waals surface area contributed by atoms with E-state index in [-0.39, 0.29) is 23.1 Å². The molecule has 26 heavy (non-hydrogen) atoms. The number of hydrogen-bond donors (Lipinski definition) is 2. The minimum Gasteiger partial charge on any atom is -0.354 e. The van der Waals surface area contributed by atoms with Gasteiger partial charge in [0.1, 0.15) is 5.69 Å². The van der Waals surface area contributed by atoms with Gasteiger partial charge in [-0.2, -0.15) is 0 Å². The normalized spacial score (nSPS) is 21.0. The van der Waals surface area contributed by atoms with Crippen LogP contribution < -0.4 is 5.32 Å². The average Bonchev–Trinajstić information content (AvgIpc) is 2.96. The first-order valence-corrected chi connectivity index (χ1v) is 9.53. The van der Waals surface area contributed by atoms with Crippen LogP contribution in [-0.4, -0.2) is 16.7 Å². The third-order valence-electron chi connectivity index (χ3n) is 6.09. The Labute approximate surface area is 154 Å². The molecule has 2 aliphatic rings. The molecule has 2 aliphatic carbocycles. The van der Waals surface area contributed by atoms with E-state index in [2.05, 4.69) is 42.3 Å². The molecule has 1 aromatic heterocycles. The number of benzene rings is 1. The average molecular weight is 350 g/mol. The maximum atomic E-state index is 13.0. The summed E-state index contributed by atoms with van der Waals surface area (Å²) in [5, 5.41) is 3.21. The van der Waals surface area contributed by atoms with Gasteiger partial charge in [-0.25, -0.2) is 0 Å². The van der Waals surface area contributed by atoms with Crippen molar-refractivity contribution in [2.75, 3.05) is 0 Å². The second kappa shape index (κ2) is 6.11. The molecule has 2 aromatic rings. The summed E-state index contributed by atoms with van der Waals surface area (Å²) in [5.41, 5.74) is 5.67. The van der Waals surface area contributed by atoms with Crippen molar-refractivity contribution in [3.63, 3.8) is 0 Å². The van der Waals surface area contributed by atoms with E-state index < -0.39 is 0 Å². The zero-order valence-corrected chi connectivity index (χ0v) is 15.7. The van der Waals surface area contributed by atoms with E-state index in [1.54, 1.807) is 0 Å². The van der Waals surface area contributed by atoms with Gasteiger partial charge in [-0.3, -0.25) is 9.59 Å². The van der Waals surface area contributed by atoms with Crippen molar-refractivity contribution in [3.05, 3.63) is 57.9 Å². The molecule has 1 aromatic carbocycles. The molecule has 0 fully saturated rings. The van der Waals surface area contributed by atoms with Crippen LogP contribution in [-0.2, 0) is 11.8 Å². The maximum absolute atomic E-state index is 13.0. The fourth-order valence-corrected chi connectivity index (χ4v) is 4.59. The van der Waals surface area contributed by atoms with Crippen LogP contribution in [0.4, 0.5) is 0 Å². The lowest BCUT2D eigenvalue weighted by molar-refractivity contribution is 0.0923. The molecule has 1 amide bonds. The van der Waals surface area contributed by atoms with Crippen molar-refractivity contribution in [3.8, 4) is 0 Å². The first-order valence-electron chi connectivity index (χ1n) is 9.53. The molecular formula is C22H26N2O2. The fraction of sp³-hybridized carbons (Fsp3) is 0.455. The molecule has 0 bridgehead atoms. The Kier molecular flexibility index (Phi) is 4.02. The predicted octanol–water partition coefficient (Wildman–Crippen LogP) is 4.38. The molecule has 0 radical (unpaired) electrons. The van der Waals surface area contributed by atoms with Gasteiger partial charge in [0.25, 0.3) is 5.91 Å². The molecule has 0 aliphatic heterocycles. The SMILES string of the molecule is Cc1c(C(=O)NC2CCC(C)(C)c3ccccc32)[nH]c2c1C(=O)CCC2. The van der Waals surface area contributed by atoms with Crippen molar-refractivity contribution in [2.45, 2.75) is 64.3 Å². The molecule has 1 heterocycles. The number of rotatable bonds is 2. The number of ketones is 1. The van der Waals surface area contributed by atoms with E-state index >= 15 is 0 Å². The van der Waals surface area contributed by atoms with Crippen LogP contribution in [0.3, 0.4) is 0 Å². The number of carbonyl (C=O) groups is 2. The lowest BCUT2D eigenvalue weighted by atomic mass is 9.71. The van der Waals surface area contributed by atoms with Gasteiger partial charge in [-0.15, -0.1) is 0 Å². The van der Waals surface area contributed by atoms with Crippen molar-refractivity contribution in [1.29, 1.82) is 0 Å². The molecule has 0 saturated heterocycles. The summed E-state index contributed by atoms with van der Waals surface area (Å²) in [5.74, 6) is 0.0491. The van der Waals surface area contributed by atoms with E-state index in [4.69, 9.17) is 0 Å². The number of nitrogens with one attached hydrogen (secondary N) is 2. The first kappa shape index (κ1) is 17.1. The number of fused-ring (bicyclic) bond motifs is 2. The highest BCUT2D eigenvalue weighted by Crippen LogP contribution is 2.41. The highest BCUT2D eigenvalue weighted by atomic mass is 16.2. The zero-order valence-electron chi connectivity index (χ0n) is 15.7. The highest BCUT2D eigenvalue weighted by Gasteiger charge is 2.34. The monoisotopic (exact) mass is 350 g/mol. The Hall–Kier alpha value is -2.36. The smallest absolute Gasteiger partial charge is 0.268 e. The largest absolute Gasteiger partial charge is 0.354 e. The Morgan fingerprint density at radius 3 is 2.77 bits per heavy atom. The van der Waals surface area contributed by atoms with E-state index in [9.17, 15) is 9.59 Å². The number of aromatic amines is 1. The second-order valence-corrected chi connectivity index (χ2v) is 8.29. The number of hydrogen-bond acceptors (Lipinski definition) is 2. The molecule has 0 saturated carbocycles. The summed E-state index contributed by atoms with van der Waals surface area (Å²) in [4.78, 5) is 28.4. The summed E-state index contributed by atoms with van der Waals surface area (Å²) in [6.45, 7) is 6.41. The fourth-order valence-electron chi connectivity index (χ4n) is 4.59. The number of H-pyrrole nitrogens is 1. The summed E-state index contributed by atoms with van der Waals surface area (Å²) in [7, 11) is 0. The molecule has 4 nitrogen and oxygen atoms in total. The van der Waals surface area contributed by atoms with E-state index in [1.165, 1.54) is 11.1 Å².